The van der Waals surface area contributed by atoms with Crippen LogP contribution in [0.1, 0.15) is 22.3 Å². The van der Waals surface area contributed by atoms with E-state index in [4.69, 9.17) is 23.8 Å². The van der Waals surface area contributed by atoms with Gasteiger partial charge in [-0.05, 0) is 75.8 Å². The third kappa shape index (κ3) is 4.72. The molecule has 0 radical (unpaired) electrons. The quantitative estimate of drug-likeness (QED) is 0.176. The number of nitrogens with zero attached hydrogens (tertiary/aromatic N) is 3. The molecule has 0 saturated heterocycles. The van der Waals surface area contributed by atoms with Crippen molar-refractivity contribution in [3.63, 3.8) is 0 Å². The SMILES string of the molecule is c1ccc(-c2nc(-c3ccc(C4(c5ccc6oc7ccccc7c6c5)c5ccccc5-c5ccccc54)cc3)nc(-c3ccc4oc5ccccc5c4c3)n2)cc1. The van der Waals surface area contributed by atoms with Crippen LogP contribution in [-0.2, 0) is 5.41 Å². The molecule has 0 saturated carbocycles. The molecular formula is C52H31N3O2. The highest BCUT2D eigenvalue weighted by Gasteiger charge is 2.46. The fraction of sp³-hybridized carbons (Fsp3) is 0.0192. The van der Waals surface area contributed by atoms with Crippen LogP contribution in [0, 0.1) is 0 Å². The van der Waals surface area contributed by atoms with Crippen molar-refractivity contribution < 1.29 is 8.83 Å². The molecule has 11 aromatic rings. The lowest BCUT2D eigenvalue weighted by atomic mass is 9.67. The van der Waals surface area contributed by atoms with Gasteiger partial charge in [-0.2, -0.15) is 0 Å². The third-order valence-corrected chi connectivity index (χ3v) is 11.6. The van der Waals surface area contributed by atoms with Gasteiger partial charge in [0.25, 0.3) is 0 Å². The molecule has 0 aliphatic heterocycles. The van der Waals surface area contributed by atoms with Crippen molar-refractivity contribution in [3.8, 4) is 45.3 Å². The van der Waals surface area contributed by atoms with E-state index < -0.39 is 5.41 Å². The van der Waals surface area contributed by atoms with Gasteiger partial charge in [-0.25, -0.2) is 15.0 Å². The smallest absolute Gasteiger partial charge is 0.164 e. The van der Waals surface area contributed by atoms with Crippen molar-refractivity contribution in [3.05, 3.63) is 210 Å². The fourth-order valence-corrected chi connectivity index (χ4v) is 9.07. The Bertz CT molecular complexity index is 3320. The van der Waals surface area contributed by atoms with Crippen molar-refractivity contribution in [1.29, 1.82) is 0 Å². The van der Waals surface area contributed by atoms with Crippen LogP contribution >= 0.6 is 0 Å². The van der Waals surface area contributed by atoms with Gasteiger partial charge >= 0.3 is 0 Å². The highest BCUT2D eigenvalue weighted by Crippen LogP contribution is 2.56. The maximum Gasteiger partial charge on any atom is 0.164 e. The van der Waals surface area contributed by atoms with Gasteiger partial charge in [0.15, 0.2) is 17.5 Å². The maximum atomic E-state index is 6.31. The summed E-state index contributed by atoms with van der Waals surface area (Å²) in [5.74, 6) is 1.83. The third-order valence-electron chi connectivity index (χ3n) is 11.6. The van der Waals surface area contributed by atoms with E-state index >= 15 is 0 Å². The van der Waals surface area contributed by atoms with Crippen LogP contribution in [0.2, 0.25) is 0 Å². The Morgan fingerprint density at radius 3 is 1.39 bits per heavy atom. The summed E-state index contributed by atoms with van der Waals surface area (Å²) < 4.78 is 12.5. The molecule has 0 unspecified atom stereocenters. The number of furan rings is 2. The summed E-state index contributed by atoms with van der Waals surface area (Å²) >= 11 is 0. The second-order valence-corrected chi connectivity index (χ2v) is 14.7. The van der Waals surface area contributed by atoms with Gasteiger partial charge in [0.2, 0.25) is 0 Å². The van der Waals surface area contributed by atoms with Gasteiger partial charge in [-0.15, -0.1) is 0 Å². The summed E-state index contributed by atoms with van der Waals surface area (Å²) in [6, 6.07) is 65.8. The van der Waals surface area contributed by atoms with Crippen molar-refractivity contribution in [2.75, 3.05) is 0 Å². The zero-order valence-corrected chi connectivity index (χ0v) is 30.6. The number of rotatable bonds is 5. The standard InChI is InChI=1S/C52H31N3O2/c1-2-12-32(13-3-1)49-53-50(55-51(54-49)34-24-28-47-41(30-34)39-16-6-10-20-45(39)56-47)33-22-25-35(26-23-33)52(43-18-8-4-14-37(43)38-15-5-9-19-44(38)52)36-27-29-48-42(31-36)40-17-7-11-21-46(40)57-48/h1-31H. The summed E-state index contributed by atoms with van der Waals surface area (Å²) in [6.07, 6.45) is 0. The normalized spacial score (nSPS) is 13.1. The maximum absolute atomic E-state index is 6.31. The molecule has 3 aromatic heterocycles. The first kappa shape index (κ1) is 31.7. The number of aromatic nitrogens is 3. The van der Waals surface area contributed by atoms with Crippen molar-refractivity contribution in [2.24, 2.45) is 0 Å². The lowest BCUT2D eigenvalue weighted by Gasteiger charge is -2.34. The highest BCUT2D eigenvalue weighted by molar-refractivity contribution is 6.07. The van der Waals surface area contributed by atoms with E-state index in [-0.39, 0.29) is 0 Å². The van der Waals surface area contributed by atoms with Crippen molar-refractivity contribution in [1.82, 2.24) is 15.0 Å². The second kappa shape index (κ2) is 12.2. The molecule has 5 nitrogen and oxygen atoms in total. The molecule has 0 atom stereocenters. The summed E-state index contributed by atoms with van der Waals surface area (Å²) in [7, 11) is 0. The average Bonchev–Trinajstić information content (AvgIpc) is 3.94. The van der Waals surface area contributed by atoms with E-state index in [2.05, 4.69) is 115 Å². The van der Waals surface area contributed by atoms with E-state index in [9.17, 15) is 0 Å². The number of benzene rings is 8. The molecule has 8 aromatic carbocycles. The Kier molecular flexibility index (Phi) is 6.78. The average molecular weight is 730 g/mol. The minimum atomic E-state index is -0.583. The molecule has 3 heterocycles. The van der Waals surface area contributed by atoms with Gasteiger partial charge in [0, 0.05) is 38.2 Å². The summed E-state index contributed by atoms with van der Waals surface area (Å²) in [6.45, 7) is 0. The Hall–Kier alpha value is -7.63. The van der Waals surface area contributed by atoms with Gasteiger partial charge in [0.05, 0.1) is 5.41 Å². The van der Waals surface area contributed by atoms with Crippen LogP contribution in [-0.4, -0.2) is 15.0 Å². The van der Waals surface area contributed by atoms with E-state index in [0.29, 0.717) is 17.5 Å². The molecule has 0 fully saturated rings. The molecule has 57 heavy (non-hydrogen) atoms. The van der Waals surface area contributed by atoms with Crippen LogP contribution in [0.25, 0.3) is 89.2 Å². The summed E-state index contributed by atoms with van der Waals surface area (Å²) in [5, 5.41) is 4.31. The summed E-state index contributed by atoms with van der Waals surface area (Å²) in [4.78, 5) is 15.3. The first-order valence-corrected chi connectivity index (χ1v) is 19.2. The van der Waals surface area contributed by atoms with Gasteiger partial charge < -0.3 is 8.83 Å². The fourth-order valence-electron chi connectivity index (χ4n) is 9.07. The van der Waals surface area contributed by atoms with Crippen LogP contribution in [0.3, 0.4) is 0 Å². The van der Waals surface area contributed by atoms with Crippen molar-refractivity contribution in [2.45, 2.75) is 5.41 Å². The molecule has 0 amide bonds. The number of fused-ring (bicyclic) bond motifs is 9. The molecule has 266 valence electrons. The number of para-hydroxylation sites is 2. The number of hydrogen-bond acceptors (Lipinski definition) is 5. The van der Waals surface area contributed by atoms with E-state index in [1.54, 1.807) is 0 Å². The van der Waals surface area contributed by atoms with Gasteiger partial charge in [-0.3, -0.25) is 0 Å². The van der Waals surface area contributed by atoms with Crippen LogP contribution in [0.15, 0.2) is 197 Å². The molecule has 12 rings (SSSR count). The van der Waals surface area contributed by atoms with Crippen molar-refractivity contribution >= 4 is 43.9 Å². The molecule has 0 bridgehead atoms. The van der Waals surface area contributed by atoms with Gasteiger partial charge in [-0.1, -0.05) is 146 Å². The minimum absolute atomic E-state index is 0.583. The predicted octanol–water partition coefficient (Wildman–Crippen LogP) is 13.0. The zero-order valence-electron chi connectivity index (χ0n) is 30.6. The number of hydrogen-bond donors (Lipinski definition) is 0. The molecule has 1 aliphatic rings. The van der Waals surface area contributed by atoms with E-state index in [0.717, 1.165) is 66.1 Å². The Balaban J connectivity index is 1.05. The largest absolute Gasteiger partial charge is 0.456 e. The van der Waals surface area contributed by atoms with Crippen LogP contribution < -0.4 is 0 Å². The highest BCUT2D eigenvalue weighted by atomic mass is 16.3. The minimum Gasteiger partial charge on any atom is -0.456 e. The molecule has 1 aliphatic carbocycles. The molecular weight excluding hydrogens is 699 g/mol. The Morgan fingerprint density at radius 1 is 0.316 bits per heavy atom. The molecule has 5 heteroatoms. The van der Waals surface area contributed by atoms with E-state index in [1.165, 1.54) is 27.8 Å². The Labute approximate surface area is 327 Å². The molecule has 0 spiro atoms. The summed E-state index contributed by atoms with van der Waals surface area (Å²) in [5.41, 5.74) is 12.9. The molecule has 0 N–H and O–H groups in total. The first-order chi connectivity index (χ1) is 28.2. The monoisotopic (exact) mass is 729 g/mol. The Morgan fingerprint density at radius 2 is 0.754 bits per heavy atom. The van der Waals surface area contributed by atoms with Crippen LogP contribution in [0.5, 0.6) is 0 Å². The first-order valence-electron chi connectivity index (χ1n) is 19.2. The predicted molar refractivity (Wildman–Crippen MR) is 228 cm³/mol. The van der Waals surface area contributed by atoms with Crippen LogP contribution in [0.4, 0.5) is 0 Å². The topological polar surface area (TPSA) is 65.0 Å². The van der Waals surface area contributed by atoms with E-state index in [1.807, 2.05) is 72.8 Å². The zero-order chi connectivity index (χ0) is 37.5. The lowest BCUT2D eigenvalue weighted by Crippen LogP contribution is -2.28. The lowest BCUT2D eigenvalue weighted by molar-refractivity contribution is 0.668. The van der Waals surface area contributed by atoms with Gasteiger partial charge in [0.1, 0.15) is 22.3 Å². The second-order valence-electron chi connectivity index (χ2n) is 14.7.